The number of carbonyl (C=O) groups excluding carboxylic acids is 1. The molecule has 0 fully saturated rings. The van der Waals surface area contributed by atoms with Crippen molar-refractivity contribution < 1.29 is 4.79 Å². The van der Waals surface area contributed by atoms with Crippen molar-refractivity contribution in [2.75, 3.05) is 0 Å². The topological polar surface area (TPSA) is 17.1 Å². The average molecular weight is 94.1 g/mol. The van der Waals surface area contributed by atoms with Gasteiger partial charge >= 0.3 is 0 Å². The van der Waals surface area contributed by atoms with E-state index in [0.29, 0.717) is 5.57 Å². The molecule has 0 bridgehead atoms. The Balaban J connectivity index is 4.14. The smallest absolute Gasteiger partial charge is 0.132 e. The van der Waals surface area contributed by atoms with Crippen LogP contribution < -0.4 is 0 Å². The van der Waals surface area contributed by atoms with Gasteiger partial charge in [-0.05, 0) is 0 Å². The molecule has 1 nitrogen and oxygen atoms in total. The van der Waals surface area contributed by atoms with Crippen LogP contribution >= 0.6 is 0 Å². The fourth-order valence-electron chi connectivity index (χ4n) is 0.167. The summed E-state index contributed by atoms with van der Waals surface area (Å²) in [5.41, 5.74) is 0.403. The Morgan fingerprint density at radius 1 is 1.43 bits per heavy atom. The standard InChI is InChI=1S/C6H6O/c1-3-6(4-2)5-7/h3-4H,1-2H2. The predicted molar refractivity (Wildman–Crippen MR) is 29.6 cm³/mol. The van der Waals surface area contributed by atoms with Crippen molar-refractivity contribution in [3.63, 3.8) is 0 Å². The molecule has 0 unspecified atom stereocenters. The molecule has 0 N–H and O–H groups in total. The van der Waals surface area contributed by atoms with Crippen LogP contribution in [0.3, 0.4) is 0 Å². The van der Waals surface area contributed by atoms with Gasteiger partial charge in [-0.2, -0.15) is 0 Å². The molecule has 0 saturated carbocycles. The Morgan fingerprint density at radius 2 is 1.86 bits per heavy atom. The van der Waals surface area contributed by atoms with E-state index in [1.165, 1.54) is 12.2 Å². The third kappa shape index (κ3) is 1.74. The van der Waals surface area contributed by atoms with Crippen LogP contribution in [0, 0.1) is 0 Å². The number of hydrogen-bond donors (Lipinski definition) is 0. The normalized spacial score (nSPS) is 6.29. The molecule has 36 valence electrons. The van der Waals surface area contributed by atoms with Crippen molar-refractivity contribution in [1.82, 2.24) is 0 Å². The minimum Gasteiger partial charge on any atom is -0.233 e. The molecule has 0 aromatic carbocycles. The molecule has 0 aliphatic heterocycles. The first-order chi connectivity index (χ1) is 3.35. The van der Waals surface area contributed by atoms with Gasteiger partial charge in [-0.25, -0.2) is 4.79 Å². The second-order valence-electron chi connectivity index (χ2n) is 0.966. The highest BCUT2D eigenvalue weighted by Gasteiger charge is 1.74. The summed E-state index contributed by atoms with van der Waals surface area (Å²) < 4.78 is 0. The molecule has 0 atom stereocenters. The van der Waals surface area contributed by atoms with Crippen LogP contribution in [0.4, 0.5) is 0 Å². The highest BCUT2D eigenvalue weighted by Crippen LogP contribution is 1.85. The number of rotatable bonds is 2. The van der Waals surface area contributed by atoms with Gasteiger partial charge in [0.2, 0.25) is 0 Å². The third-order valence-electron chi connectivity index (χ3n) is 0.558. The third-order valence-corrected chi connectivity index (χ3v) is 0.558. The molecule has 0 heterocycles. The maximum Gasteiger partial charge on any atom is 0.132 e. The van der Waals surface area contributed by atoms with E-state index in [9.17, 15) is 4.79 Å². The lowest BCUT2D eigenvalue weighted by Crippen LogP contribution is -1.64. The van der Waals surface area contributed by atoms with Gasteiger partial charge in [0.05, 0.1) is 5.57 Å². The second-order valence-corrected chi connectivity index (χ2v) is 0.966. The lowest BCUT2D eigenvalue weighted by atomic mass is 10.3. The largest absolute Gasteiger partial charge is 0.233 e. The van der Waals surface area contributed by atoms with E-state index in [1.807, 2.05) is 0 Å². The molecular weight excluding hydrogens is 88.1 g/mol. The van der Waals surface area contributed by atoms with Crippen LogP contribution in [0.2, 0.25) is 0 Å². The first kappa shape index (κ1) is 5.93. The zero-order valence-electron chi connectivity index (χ0n) is 3.98. The van der Waals surface area contributed by atoms with E-state index in [2.05, 4.69) is 13.2 Å². The van der Waals surface area contributed by atoms with Crippen LogP contribution in [-0.4, -0.2) is 5.94 Å². The highest BCUT2D eigenvalue weighted by atomic mass is 16.1. The number of hydrogen-bond acceptors (Lipinski definition) is 1. The minimum absolute atomic E-state index is 0.403. The van der Waals surface area contributed by atoms with E-state index < -0.39 is 0 Å². The fourth-order valence-corrected chi connectivity index (χ4v) is 0.167. The lowest BCUT2D eigenvalue weighted by molar-refractivity contribution is 0.568. The van der Waals surface area contributed by atoms with Crippen molar-refractivity contribution in [2.45, 2.75) is 0 Å². The van der Waals surface area contributed by atoms with Gasteiger partial charge in [0.15, 0.2) is 0 Å². The average Bonchev–Trinajstić information content (AvgIpc) is 1.72. The maximum absolute atomic E-state index is 9.66. The zero-order valence-corrected chi connectivity index (χ0v) is 3.98. The second kappa shape index (κ2) is 3.13. The molecule has 0 aliphatic carbocycles. The van der Waals surface area contributed by atoms with Gasteiger partial charge in [0.1, 0.15) is 5.94 Å². The van der Waals surface area contributed by atoms with Gasteiger partial charge in [-0.15, -0.1) is 0 Å². The summed E-state index contributed by atoms with van der Waals surface area (Å²) >= 11 is 0. The van der Waals surface area contributed by atoms with Crippen molar-refractivity contribution in [3.8, 4) is 0 Å². The van der Waals surface area contributed by atoms with Gasteiger partial charge in [0.25, 0.3) is 0 Å². The molecule has 0 aliphatic rings. The Hall–Kier alpha value is -1.07. The van der Waals surface area contributed by atoms with Crippen LogP contribution in [-0.2, 0) is 4.79 Å². The quantitative estimate of drug-likeness (QED) is 0.370. The molecule has 0 radical (unpaired) electrons. The minimum atomic E-state index is 0.403. The molecule has 0 aromatic rings. The van der Waals surface area contributed by atoms with Crippen LogP contribution in [0.5, 0.6) is 0 Å². The zero-order chi connectivity index (χ0) is 5.70. The summed E-state index contributed by atoms with van der Waals surface area (Å²) in [4.78, 5) is 9.66. The van der Waals surface area contributed by atoms with Crippen molar-refractivity contribution in [1.29, 1.82) is 0 Å². The Labute approximate surface area is 42.7 Å². The number of allylic oxidation sites excluding steroid dienone is 3. The van der Waals surface area contributed by atoms with Gasteiger partial charge in [0, 0.05) is 0 Å². The summed E-state index contributed by atoms with van der Waals surface area (Å²) in [6, 6.07) is 0. The molecule has 1 heteroatoms. The summed E-state index contributed by atoms with van der Waals surface area (Å²) in [5, 5.41) is 0. The summed E-state index contributed by atoms with van der Waals surface area (Å²) in [6.07, 6.45) is 2.81. The Kier molecular flexibility index (Phi) is 2.65. The Morgan fingerprint density at radius 3 is 1.86 bits per heavy atom. The highest BCUT2D eigenvalue weighted by molar-refractivity contribution is 5.61. The summed E-state index contributed by atoms with van der Waals surface area (Å²) in [7, 11) is 0. The van der Waals surface area contributed by atoms with Gasteiger partial charge in [-0.3, -0.25) is 0 Å². The lowest BCUT2D eigenvalue weighted by Gasteiger charge is -1.73. The molecule has 7 heavy (non-hydrogen) atoms. The molecule has 0 rings (SSSR count). The van der Waals surface area contributed by atoms with E-state index in [4.69, 9.17) is 0 Å². The van der Waals surface area contributed by atoms with Crippen molar-refractivity contribution in [3.05, 3.63) is 30.9 Å². The molecule has 0 amide bonds. The summed E-state index contributed by atoms with van der Waals surface area (Å²) in [5.74, 6) is 1.63. The maximum atomic E-state index is 9.66. The van der Waals surface area contributed by atoms with E-state index in [1.54, 1.807) is 5.94 Å². The van der Waals surface area contributed by atoms with E-state index in [0.717, 1.165) is 0 Å². The predicted octanol–water partition coefficient (Wildman–Crippen LogP) is 1.12. The first-order valence-electron chi connectivity index (χ1n) is 1.85. The van der Waals surface area contributed by atoms with Crippen molar-refractivity contribution in [2.24, 2.45) is 0 Å². The van der Waals surface area contributed by atoms with Gasteiger partial charge < -0.3 is 0 Å². The molecule has 0 spiro atoms. The van der Waals surface area contributed by atoms with Crippen LogP contribution in [0.1, 0.15) is 0 Å². The summed E-state index contributed by atoms with van der Waals surface area (Å²) in [6.45, 7) is 6.66. The fraction of sp³-hybridized carbons (Fsp3) is 0. The van der Waals surface area contributed by atoms with E-state index >= 15 is 0 Å². The first-order valence-corrected chi connectivity index (χ1v) is 1.85. The van der Waals surface area contributed by atoms with Crippen LogP contribution in [0.15, 0.2) is 30.9 Å². The van der Waals surface area contributed by atoms with E-state index in [-0.39, 0.29) is 0 Å². The Bertz CT molecular complexity index is 117. The van der Waals surface area contributed by atoms with Gasteiger partial charge in [-0.1, -0.05) is 25.3 Å². The van der Waals surface area contributed by atoms with Crippen LogP contribution in [0.25, 0.3) is 0 Å². The molecule has 0 saturated heterocycles. The molecule has 0 aromatic heterocycles. The molecular formula is C6H6O. The SMILES string of the molecule is C=CC(=C=O)C=C. The monoisotopic (exact) mass is 94.0 g/mol. The van der Waals surface area contributed by atoms with Crippen molar-refractivity contribution >= 4 is 5.94 Å².